The molecule has 0 aromatic heterocycles. The molecule has 117 heavy (non-hydrogen) atoms. The van der Waals surface area contributed by atoms with E-state index in [1.165, 1.54) is 23.6 Å². The fraction of sp³-hybridized carbons (Fsp3) is 0.763. The zero-order valence-electron chi connectivity index (χ0n) is 69.2. The monoisotopic (exact) mass is 1690 g/mol. The van der Waals surface area contributed by atoms with E-state index in [-0.39, 0.29) is 128 Å². The van der Waals surface area contributed by atoms with Crippen molar-refractivity contribution >= 4 is 128 Å². The lowest BCUT2D eigenvalue weighted by Crippen LogP contribution is -2.67. The smallest absolute Gasteiger partial charge is 0.246 e. The molecule has 2 bridgehead atoms. The highest BCUT2D eigenvalue weighted by molar-refractivity contribution is 8.77. The molecule has 0 aromatic rings. The second-order valence-electron chi connectivity index (χ2n) is 33.5. The Morgan fingerprint density at radius 3 is 1.74 bits per heavy atom. The van der Waals surface area contributed by atoms with Gasteiger partial charge in [0.2, 0.25) is 100 Å². The van der Waals surface area contributed by atoms with Crippen molar-refractivity contribution in [1.29, 1.82) is 0 Å². The van der Waals surface area contributed by atoms with E-state index >= 15 is 33.6 Å². The number of aliphatic hydroxyl groups excluding tert-OH is 2. The molecule has 17 amide bonds. The summed E-state index contributed by atoms with van der Waals surface area (Å²) in [5.41, 5.74) is 13.9. The molecular formula is C76H126N20O19S2. The number of carbonyl (C=O) groups excluding carboxylic acids is 17. The van der Waals surface area contributed by atoms with E-state index in [4.69, 9.17) is 17.2 Å². The SMILES string of the molecule is CC[C@H](C)[C@@H]1NC(=O)CNC(=O)CCCC2(CC2)CNC(=O)CNC(=O)CC(C(N)=O)NC(=O)[C@@H]2CCCN2C(=O)[C@H]([C@@H](C)CC)NC(=O)[C@H]2NC(=O)[C@H]([C@@H](C)CC)NC(=O)[C@H]3CCCNC(=O)[C@]34CCCN4C(=O)[C@H](CC(C)(C)C)NC(=O)[C@H](CO)NC(=O)[C@H](CCCN=C(N)N)NC(=O)[C@H](CO)NC(=O)[C@H](CSSC2(C)C)NC1=O. The van der Waals surface area contributed by atoms with E-state index in [1.54, 1.807) is 62.3 Å². The molecule has 5 saturated heterocycles. The maximum absolute atomic E-state index is 15.9. The van der Waals surface area contributed by atoms with Gasteiger partial charge in [-0.2, -0.15) is 0 Å². The van der Waals surface area contributed by atoms with Crippen molar-refractivity contribution in [1.82, 2.24) is 84.2 Å². The molecule has 5 heterocycles. The minimum atomic E-state index is -1.95. The third-order valence-electron chi connectivity index (χ3n) is 22.8. The van der Waals surface area contributed by atoms with Crippen LogP contribution in [0.1, 0.15) is 192 Å². The number of nitrogens with one attached hydrogen (secondary N) is 14. The molecule has 6 aliphatic rings. The molecule has 1 aliphatic carbocycles. The molecule has 39 nitrogen and oxygen atoms in total. The van der Waals surface area contributed by atoms with Crippen LogP contribution >= 0.6 is 21.6 Å². The minimum Gasteiger partial charge on any atom is -0.394 e. The Kier molecular flexibility index (Phi) is 36.4. The quantitative estimate of drug-likeness (QED) is 0.0338. The molecule has 22 N–H and O–H groups in total. The Balaban J connectivity index is 1.53. The average molecular weight is 1690 g/mol. The standard InChI is InChI=1S/C76H126N20O19S2/c1-12-40(4)55-66(110)90-49-38-116-117-74(10,11)58(68(112)93-57(42(6)14-3)70(114)95-30-18-22-50(95)65(109)86-45(59(77)103)32-52(100)83-34-53(101)84-39-75(26-27-75)24-15-23-51(99)82-35-54(102)91-55)94-67(111)56(41(5)13-2)92-60(104)43-20-16-28-80-71(115)76(43)25-19-31-96(76)69(113)46(33-73(7,8)9)87-63(107)48(37-98)88-61(105)44(21-17-29-81-72(78)79)85-62(106)47(36-97)89-64(49)108/h40-50,55-58,97-98H,12-39H2,1-11H3,(H2,77,103)(H,80,115)(H,82,99)(H,83,100)(H,84,101)(H,85,106)(H,86,109)(H,87,107)(H,88,105)(H,89,108)(H,90,110)(H,91,102)(H,92,104)(H,93,112)(H,94,111)(H4,78,79,81)/t40-,41-,42-,43+,44-,45?,46-,47-,48-,49-,50-,55-,56-,57-,58+,76-/m0/s1. The van der Waals surface area contributed by atoms with Crippen LogP contribution in [0.15, 0.2) is 4.99 Å². The minimum absolute atomic E-state index is 0.0199. The molecule has 1 saturated carbocycles. The fourth-order valence-electron chi connectivity index (χ4n) is 15.1. The summed E-state index contributed by atoms with van der Waals surface area (Å²) in [6.45, 7) is 15.2. The van der Waals surface area contributed by atoms with E-state index in [1.807, 2.05) is 0 Å². The van der Waals surface area contributed by atoms with Gasteiger partial charge < -0.3 is 112 Å². The first-order valence-corrected chi connectivity index (χ1v) is 43.0. The van der Waals surface area contributed by atoms with Crippen molar-refractivity contribution < 1.29 is 91.7 Å². The summed E-state index contributed by atoms with van der Waals surface area (Å²) in [5, 5.41) is 59.0. The first kappa shape index (κ1) is 96.7. The van der Waals surface area contributed by atoms with Crippen molar-refractivity contribution in [3.63, 3.8) is 0 Å². The van der Waals surface area contributed by atoms with E-state index in [0.717, 1.165) is 21.6 Å². The number of guanidine groups is 1. The van der Waals surface area contributed by atoms with E-state index in [9.17, 15) is 58.2 Å². The summed E-state index contributed by atoms with van der Waals surface area (Å²) in [4.78, 5) is 254. The van der Waals surface area contributed by atoms with E-state index in [0.29, 0.717) is 25.7 Å². The maximum Gasteiger partial charge on any atom is 0.246 e. The van der Waals surface area contributed by atoms with Gasteiger partial charge in [-0.25, -0.2) is 0 Å². The summed E-state index contributed by atoms with van der Waals surface area (Å²) in [5.74, 6) is -19.6. The summed E-state index contributed by atoms with van der Waals surface area (Å²) in [7, 11) is 1.73. The lowest BCUT2D eigenvalue weighted by molar-refractivity contribution is -0.154. The molecule has 6 rings (SSSR count). The zero-order valence-corrected chi connectivity index (χ0v) is 70.8. The molecule has 6 fully saturated rings. The van der Waals surface area contributed by atoms with Crippen LogP contribution in [0.5, 0.6) is 0 Å². The predicted octanol–water partition coefficient (Wildman–Crippen LogP) is -4.31. The van der Waals surface area contributed by atoms with Crippen LogP contribution in [-0.4, -0.2) is 268 Å². The van der Waals surface area contributed by atoms with Gasteiger partial charge >= 0.3 is 0 Å². The van der Waals surface area contributed by atoms with Gasteiger partial charge in [0.05, 0.1) is 38.6 Å². The number of rotatable bonds is 14. The number of aliphatic hydroxyl groups is 2. The number of primary amides is 1. The number of fused-ring (bicyclic) bond motifs is 6. The van der Waals surface area contributed by atoms with E-state index < -0.39 is 245 Å². The zero-order chi connectivity index (χ0) is 87.0. The molecule has 5 aliphatic heterocycles. The number of nitrogens with two attached hydrogens (primary N) is 3. The highest BCUT2D eigenvalue weighted by Crippen LogP contribution is 2.49. The molecule has 16 atom stereocenters. The van der Waals surface area contributed by atoms with Crippen LogP contribution in [-0.2, 0) is 81.5 Å². The third-order valence-corrected chi connectivity index (χ3v) is 26.1. The van der Waals surface area contributed by atoms with Crippen molar-refractivity contribution in [2.75, 3.05) is 64.8 Å². The Hall–Kier alpha value is -9.12. The first-order valence-electron chi connectivity index (χ1n) is 40.7. The fourth-order valence-corrected chi connectivity index (χ4v) is 17.9. The van der Waals surface area contributed by atoms with Crippen molar-refractivity contribution in [2.45, 2.75) is 268 Å². The normalized spacial score (nSPS) is 29.9. The average Bonchev–Trinajstić information content (AvgIpc) is 1.62. The molecule has 2 spiro atoms. The molecular weight excluding hydrogens is 1560 g/mol. The highest BCUT2D eigenvalue weighted by atomic mass is 33.1. The Morgan fingerprint density at radius 1 is 0.556 bits per heavy atom. The van der Waals surface area contributed by atoms with Gasteiger partial charge in [0.1, 0.15) is 72.0 Å². The third kappa shape index (κ3) is 27.2. The van der Waals surface area contributed by atoms with Gasteiger partial charge in [-0.05, 0) is 126 Å². The Labute approximate surface area is 690 Å². The van der Waals surface area contributed by atoms with Crippen LogP contribution < -0.4 is 91.6 Å². The number of nitrogens with zero attached hydrogens (tertiary/aromatic N) is 3. The summed E-state index contributed by atoms with van der Waals surface area (Å²) >= 11 is 0. The van der Waals surface area contributed by atoms with Gasteiger partial charge in [0.15, 0.2) is 5.96 Å². The van der Waals surface area contributed by atoms with Crippen LogP contribution in [0, 0.1) is 34.5 Å². The van der Waals surface area contributed by atoms with Crippen LogP contribution in [0.2, 0.25) is 0 Å². The van der Waals surface area contributed by atoms with E-state index in [2.05, 4.69) is 79.4 Å². The lowest BCUT2D eigenvalue weighted by atomic mass is 9.77. The summed E-state index contributed by atoms with van der Waals surface area (Å²) in [6, 6.07) is -17.8. The van der Waals surface area contributed by atoms with Crippen LogP contribution in [0.4, 0.5) is 0 Å². The summed E-state index contributed by atoms with van der Waals surface area (Å²) < 4.78 is -1.64. The van der Waals surface area contributed by atoms with Gasteiger partial charge in [0.25, 0.3) is 0 Å². The number of hydrogen-bond acceptors (Lipinski definition) is 22. The molecule has 0 aromatic carbocycles. The van der Waals surface area contributed by atoms with Crippen LogP contribution in [0.25, 0.3) is 0 Å². The topological polar surface area (TPSA) is 596 Å². The molecule has 41 heteroatoms. The van der Waals surface area contributed by atoms with Gasteiger partial charge in [-0.1, -0.05) is 103 Å². The lowest BCUT2D eigenvalue weighted by Gasteiger charge is -2.43. The highest BCUT2D eigenvalue weighted by Gasteiger charge is 2.59. The maximum atomic E-state index is 15.9. The number of aliphatic imine (C=N–C) groups is 1. The van der Waals surface area contributed by atoms with Gasteiger partial charge in [-0.15, -0.1) is 0 Å². The largest absolute Gasteiger partial charge is 0.394 e. The Morgan fingerprint density at radius 2 is 1.13 bits per heavy atom. The van der Waals surface area contributed by atoms with Crippen molar-refractivity contribution in [2.24, 2.45) is 56.7 Å². The van der Waals surface area contributed by atoms with Crippen molar-refractivity contribution in [3.8, 4) is 0 Å². The second kappa shape index (κ2) is 44.1. The first-order chi connectivity index (χ1) is 55.1. The number of carbonyl (C=O) groups is 17. The van der Waals surface area contributed by atoms with Crippen molar-refractivity contribution in [3.05, 3.63) is 0 Å². The number of hydrogen-bond donors (Lipinski definition) is 19. The predicted molar refractivity (Wildman–Crippen MR) is 432 cm³/mol. The molecule has 656 valence electrons. The van der Waals surface area contributed by atoms with Gasteiger partial charge in [0, 0.05) is 49.6 Å². The van der Waals surface area contributed by atoms with Gasteiger partial charge in [-0.3, -0.25) is 86.5 Å². The number of amides is 17. The molecule has 1 unspecified atom stereocenters. The molecule has 0 radical (unpaired) electrons. The summed E-state index contributed by atoms with van der Waals surface area (Å²) in [6.07, 6.45) is 2.43. The Bertz CT molecular complexity index is 3650. The van der Waals surface area contributed by atoms with Crippen LogP contribution in [0.3, 0.4) is 0 Å². The second-order valence-corrected chi connectivity index (χ2v) is 36.5.